The molecule has 0 radical (unpaired) electrons. The third kappa shape index (κ3) is 3.60. The molecule has 3 aromatic rings. The molecule has 2 aliphatic rings. The normalized spacial score (nSPS) is 18.7. The van der Waals surface area contributed by atoms with Crippen molar-refractivity contribution in [3.05, 3.63) is 93.5 Å². The maximum absolute atomic E-state index is 13.3. The van der Waals surface area contributed by atoms with Crippen LogP contribution in [0.1, 0.15) is 28.3 Å². The van der Waals surface area contributed by atoms with Crippen LogP contribution in [0.4, 0.5) is 5.69 Å². The Morgan fingerprint density at radius 3 is 2.56 bits per heavy atom. The molecule has 0 spiro atoms. The number of ketones is 1. The molecule has 34 heavy (non-hydrogen) atoms. The van der Waals surface area contributed by atoms with Gasteiger partial charge in [-0.3, -0.25) is 14.5 Å². The number of fused-ring (bicyclic) bond motifs is 1. The monoisotopic (exact) mass is 475 g/mol. The molecule has 7 heteroatoms. The van der Waals surface area contributed by atoms with Crippen molar-refractivity contribution in [2.24, 2.45) is 0 Å². The van der Waals surface area contributed by atoms with Gasteiger partial charge in [0, 0.05) is 22.7 Å². The van der Waals surface area contributed by atoms with Crippen LogP contribution in [-0.4, -0.2) is 30.5 Å². The average Bonchev–Trinajstić information content (AvgIpc) is 3.42. The van der Waals surface area contributed by atoms with Crippen LogP contribution in [0.5, 0.6) is 11.5 Å². The highest BCUT2D eigenvalue weighted by Gasteiger charge is 2.47. The van der Waals surface area contributed by atoms with Crippen molar-refractivity contribution < 1.29 is 24.2 Å². The van der Waals surface area contributed by atoms with Crippen LogP contribution in [0.25, 0.3) is 5.76 Å². The smallest absolute Gasteiger partial charge is 0.300 e. The molecule has 1 N–H and O–H groups in total. The fourth-order valence-corrected chi connectivity index (χ4v) is 4.60. The number of hydrogen-bond acceptors (Lipinski definition) is 5. The summed E-state index contributed by atoms with van der Waals surface area (Å²) in [7, 11) is 1.56. The minimum Gasteiger partial charge on any atom is -0.507 e. The van der Waals surface area contributed by atoms with E-state index >= 15 is 0 Å². The third-order valence-corrected chi connectivity index (χ3v) is 6.68. The predicted molar refractivity (Wildman–Crippen MR) is 130 cm³/mol. The topological polar surface area (TPSA) is 76.1 Å². The highest BCUT2D eigenvalue weighted by molar-refractivity contribution is 6.51. The number of hydrogen-bond donors (Lipinski definition) is 1. The highest BCUT2D eigenvalue weighted by atomic mass is 35.5. The van der Waals surface area contributed by atoms with E-state index in [4.69, 9.17) is 21.1 Å². The van der Waals surface area contributed by atoms with Gasteiger partial charge < -0.3 is 14.6 Å². The second-order valence-corrected chi connectivity index (χ2v) is 8.70. The van der Waals surface area contributed by atoms with Crippen LogP contribution >= 0.6 is 11.6 Å². The lowest BCUT2D eigenvalue weighted by Gasteiger charge is -2.26. The molecule has 0 aliphatic carbocycles. The molecule has 6 nitrogen and oxygen atoms in total. The van der Waals surface area contributed by atoms with Crippen LogP contribution in [0, 0.1) is 6.92 Å². The van der Waals surface area contributed by atoms with E-state index in [2.05, 4.69) is 0 Å². The molecule has 0 saturated carbocycles. The summed E-state index contributed by atoms with van der Waals surface area (Å²) in [4.78, 5) is 28.0. The molecular formula is C27H22ClNO5. The molecule has 0 bridgehead atoms. The Labute approximate surface area is 202 Å². The van der Waals surface area contributed by atoms with Gasteiger partial charge in [0.1, 0.15) is 17.3 Å². The molecule has 1 fully saturated rings. The van der Waals surface area contributed by atoms with Crippen molar-refractivity contribution in [2.75, 3.05) is 18.6 Å². The standard InChI is InChI=1S/C27H22ClNO5/c1-15-3-7-19(14-21(15)28)29-24(16-4-8-20(33-2)9-5-16)23(26(31)27(29)32)25(30)18-6-10-22-17(13-18)11-12-34-22/h3-10,13-14,24,30H,11-12H2,1-2H3/b25-23-. The first kappa shape index (κ1) is 22.0. The number of benzene rings is 3. The number of Topliss-reactive ketones (excluding diaryl/α,β-unsaturated/α-hetero) is 1. The molecule has 1 atom stereocenters. The van der Waals surface area contributed by atoms with Gasteiger partial charge in [0.25, 0.3) is 11.7 Å². The SMILES string of the molecule is COc1ccc(C2/C(=C(/O)c3ccc4c(c3)CCO4)C(=O)C(=O)N2c2ccc(C)c(Cl)c2)cc1. The van der Waals surface area contributed by atoms with E-state index in [0.29, 0.717) is 40.6 Å². The molecule has 5 rings (SSSR count). The van der Waals surface area contributed by atoms with E-state index in [1.165, 1.54) is 4.90 Å². The summed E-state index contributed by atoms with van der Waals surface area (Å²) in [6, 6.07) is 16.7. The number of aliphatic hydroxyl groups excluding tert-OH is 1. The molecule has 1 amide bonds. The molecule has 172 valence electrons. The summed E-state index contributed by atoms with van der Waals surface area (Å²) in [5.74, 6) is -0.316. The fraction of sp³-hybridized carbons (Fsp3) is 0.185. The number of carbonyl (C=O) groups excluding carboxylic acids is 2. The number of carbonyl (C=O) groups is 2. The summed E-state index contributed by atoms with van der Waals surface area (Å²) in [5, 5.41) is 11.8. The van der Waals surface area contributed by atoms with Crippen LogP contribution in [0.3, 0.4) is 0 Å². The minimum atomic E-state index is -0.839. The lowest BCUT2D eigenvalue weighted by Crippen LogP contribution is -2.29. The zero-order valence-electron chi connectivity index (χ0n) is 18.7. The number of anilines is 1. The highest BCUT2D eigenvalue weighted by Crippen LogP contribution is 2.43. The lowest BCUT2D eigenvalue weighted by atomic mass is 9.94. The van der Waals surface area contributed by atoms with E-state index in [0.717, 1.165) is 16.9 Å². The van der Waals surface area contributed by atoms with Gasteiger partial charge in [0.2, 0.25) is 0 Å². The Kier molecular flexibility index (Phi) is 5.54. The summed E-state index contributed by atoms with van der Waals surface area (Å²) >= 11 is 6.35. The van der Waals surface area contributed by atoms with E-state index < -0.39 is 17.7 Å². The van der Waals surface area contributed by atoms with Crippen molar-refractivity contribution in [1.82, 2.24) is 0 Å². The first-order valence-electron chi connectivity index (χ1n) is 10.9. The summed E-state index contributed by atoms with van der Waals surface area (Å²) < 4.78 is 10.8. The number of ether oxygens (including phenoxy) is 2. The molecule has 2 heterocycles. The lowest BCUT2D eigenvalue weighted by molar-refractivity contribution is -0.132. The fourth-order valence-electron chi connectivity index (χ4n) is 4.42. The van der Waals surface area contributed by atoms with Gasteiger partial charge >= 0.3 is 0 Å². The van der Waals surface area contributed by atoms with Crippen LogP contribution in [0.15, 0.2) is 66.2 Å². The Hall–Kier alpha value is -3.77. The number of aryl methyl sites for hydroxylation is 1. The third-order valence-electron chi connectivity index (χ3n) is 6.27. The summed E-state index contributed by atoms with van der Waals surface area (Å²) in [6.07, 6.45) is 0.717. The van der Waals surface area contributed by atoms with Gasteiger partial charge in [-0.15, -0.1) is 0 Å². The van der Waals surface area contributed by atoms with Crippen molar-refractivity contribution >= 4 is 34.7 Å². The number of methoxy groups -OCH3 is 1. The van der Waals surface area contributed by atoms with Crippen LogP contribution in [0.2, 0.25) is 5.02 Å². The van der Waals surface area contributed by atoms with Gasteiger partial charge in [0.05, 0.1) is 25.3 Å². The van der Waals surface area contributed by atoms with Crippen LogP contribution in [-0.2, 0) is 16.0 Å². The Morgan fingerprint density at radius 1 is 1.09 bits per heavy atom. The summed E-state index contributed by atoms with van der Waals surface area (Å²) in [5.41, 5.74) is 3.41. The molecule has 3 aromatic carbocycles. The number of rotatable bonds is 4. The minimum absolute atomic E-state index is 0.0192. The number of halogens is 1. The number of amides is 1. The molecule has 1 unspecified atom stereocenters. The zero-order chi connectivity index (χ0) is 24.0. The Morgan fingerprint density at radius 2 is 1.85 bits per heavy atom. The first-order chi connectivity index (χ1) is 16.4. The maximum atomic E-state index is 13.3. The maximum Gasteiger partial charge on any atom is 0.300 e. The van der Waals surface area contributed by atoms with Crippen molar-refractivity contribution in [1.29, 1.82) is 0 Å². The van der Waals surface area contributed by atoms with E-state index in [-0.39, 0.29) is 11.3 Å². The van der Waals surface area contributed by atoms with Crippen LogP contribution < -0.4 is 14.4 Å². The van der Waals surface area contributed by atoms with E-state index in [9.17, 15) is 14.7 Å². The molecule has 2 aliphatic heterocycles. The van der Waals surface area contributed by atoms with Gasteiger partial charge in [-0.2, -0.15) is 0 Å². The van der Waals surface area contributed by atoms with Gasteiger partial charge in [-0.05, 0) is 66.1 Å². The molecule has 1 saturated heterocycles. The molecular weight excluding hydrogens is 454 g/mol. The van der Waals surface area contributed by atoms with Crippen molar-refractivity contribution in [2.45, 2.75) is 19.4 Å². The second kappa shape index (κ2) is 8.54. The van der Waals surface area contributed by atoms with Gasteiger partial charge in [0.15, 0.2) is 0 Å². The van der Waals surface area contributed by atoms with Crippen molar-refractivity contribution in [3.8, 4) is 11.5 Å². The molecule has 0 aromatic heterocycles. The largest absolute Gasteiger partial charge is 0.507 e. The van der Waals surface area contributed by atoms with Gasteiger partial charge in [-0.1, -0.05) is 29.8 Å². The van der Waals surface area contributed by atoms with E-state index in [1.54, 1.807) is 67.8 Å². The quantitative estimate of drug-likeness (QED) is 0.318. The number of nitrogens with zero attached hydrogens (tertiary/aromatic N) is 1. The summed E-state index contributed by atoms with van der Waals surface area (Å²) in [6.45, 7) is 2.43. The number of aliphatic hydroxyl groups is 1. The van der Waals surface area contributed by atoms with Crippen molar-refractivity contribution in [3.63, 3.8) is 0 Å². The first-order valence-corrected chi connectivity index (χ1v) is 11.2. The zero-order valence-corrected chi connectivity index (χ0v) is 19.4. The Bertz CT molecular complexity index is 1350. The predicted octanol–water partition coefficient (Wildman–Crippen LogP) is 5.22. The van der Waals surface area contributed by atoms with E-state index in [1.807, 2.05) is 6.92 Å². The second-order valence-electron chi connectivity index (χ2n) is 8.30. The van der Waals surface area contributed by atoms with Gasteiger partial charge in [-0.25, -0.2) is 0 Å². The average molecular weight is 476 g/mol. The Balaban J connectivity index is 1.70.